The van der Waals surface area contributed by atoms with Crippen LogP contribution in [0.5, 0.6) is 0 Å². The van der Waals surface area contributed by atoms with Crippen LogP contribution in [-0.2, 0) is 9.53 Å². The molecule has 1 saturated heterocycles. The minimum absolute atomic E-state index is 0.0101. The third-order valence-electron chi connectivity index (χ3n) is 4.99. The Balaban J connectivity index is 1.80. The van der Waals surface area contributed by atoms with Gasteiger partial charge in [0.1, 0.15) is 0 Å². The van der Waals surface area contributed by atoms with Gasteiger partial charge in [-0.25, -0.2) is 0 Å². The lowest BCUT2D eigenvalue weighted by Gasteiger charge is -2.34. The molecular weight excluding hydrogens is 360 g/mol. The first-order chi connectivity index (χ1) is 13.3. The Morgan fingerprint density at radius 3 is 2.86 bits per heavy atom. The number of ether oxygens (including phenoxy) is 1. The third-order valence-corrected chi connectivity index (χ3v) is 4.99. The lowest BCUT2D eigenvalue weighted by molar-refractivity contribution is -0.384. The molecule has 1 fully saturated rings. The Hall–Kier alpha value is -2.03. The summed E-state index contributed by atoms with van der Waals surface area (Å²) in [7, 11) is 1.84. The highest BCUT2D eigenvalue weighted by molar-refractivity contribution is 5.78. The molecule has 1 heterocycles. The second-order valence-corrected chi connectivity index (χ2v) is 7.89. The van der Waals surface area contributed by atoms with Crippen LogP contribution in [0.1, 0.15) is 32.4 Å². The van der Waals surface area contributed by atoms with Crippen molar-refractivity contribution < 1.29 is 14.5 Å². The van der Waals surface area contributed by atoms with Crippen LogP contribution in [0.25, 0.3) is 0 Å². The summed E-state index contributed by atoms with van der Waals surface area (Å²) < 4.78 is 5.76. The van der Waals surface area contributed by atoms with Crippen molar-refractivity contribution in [2.75, 3.05) is 46.4 Å². The monoisotopic (exact) mass is 392 g/mol. The molecule has 156 valence electrons. The van der Waals surface area contributed by atoms with Crippen molar-refractivity contribution in [1.29, 1.82) is 0 Å². The minimum atomic E-state index is -0.407. The number of nitrogens with zero attached hydrogens (tertiary/aromatic N) is 3. The van der Waals surface area contributed by atoms with E-state index in [1.807, 2.05) is 24.9 Å². The third kappa shape index (κ3) is 6.85. The molecule has 8 heteroatoms. The van der Waals surface area contributed by atoms with Gasteiger partial charge < -0.3 is 10.1 Å². The summed E-state index contributed by atoms with van der Waals surface area (Å²) in [6.45, 7) is 10.5. The van der Waals surface area contributed by atoms with Gasteiger partial charge in [0.05, 0.1) is 24.2 Å². The van der Waals surface area contributed by atoms with Crippen LogP contribution >= 0.6 is 0 Å². The summed E-state index contributed by atoms with van der Waals surface area (Å²) in [6.07, 6.45) is 0.0101. The minimum Gasteiger partial charge on any atom is -0.374 e. The number of benzene rings is 1. The van der Waals surface area contributed by atoms with E-state index in [0.29, 0.717) is 19.1 Å². The molecule has 1 amide bonds. The number of non-ortho nitro benzene ring substituents is 1. The van der Waals surface area contributed by atoms with Crippen LogP contribution in [0, 0.1) is 16.0 Å². The van der Waals surface area contributed by atoms with Gasteiger partial charge in [0.25, 0.3) is 5.69 Å². The molecule has 1 N–H and O–H groups in total. The van der Waals surface area contributed by atoms with Gasteiger partial charge in [-0.3, -0.25) is 24.7 Å². The summed E-state index contributed by atoms with van der Waals surface area (Å²) in [5.41, 5.74) is 0.868. The van der Waals surface area contributed by atoms with Gasteiger partial charge in [-0.15, -0.1) is 0 Å². The number of nitro groups is 1. The number of rotatable bonds is 9. The van der Waals surface area contributed by atoms with Gasteiger partial charge in [0.15, 0.2) is 0 Å². The topological polar surface area (TPSA) is 88.0 Å². The van der Waals surface area contributed by atoms with Crippen molar-refractivity contribution in [3.63, 3.8) is 0 Å². The van der Waals surface area contributed by atoms with E-state index in [-0.39, 0.29) is 30.3 Å². The van der Waals surface area contributed by atoms with E-state index in [4.69, 9.17) is 4.74 Å². The number of hydrogen-bond donors (Lipinski definition) is 1. The predicted molar refractivity (Wildman–Crippen MR) is 108 cm³/mol. The first kappa shape index (κ1) is 22.3. The van der Waals surface area contributed by atoms with E-state index in [1.54, 1.807) is 12.1 Å². The number of carbonyl (C=O) groups is 1. The summed E-state index contributed by atoms with van der Waals surface area (Å²) >= 11 is 0. The lowest BCUT2D eigenvalue weighted by atomic mass is 10.1. The van der Waals surface area contributed by atoms with Crippen LogP contribution in [0.15, 0.2) is 24.3 Å². The van der Waals surface area contributed by atoms with E-state index >= 15 is 0 Å². The molecule has 0 aliphatic carbocycles. The highest BCUT2D eigenvalue weighted by Gasteiger charge is 2.22. The van der Waals surface area contributed by atoms with Crippen molar-refractivity contribution in [3.8, 4) is 0 Å². The second-order valence-electron chi connectivity index (χ2n) is 7.89. The van der Waals surface area contributed by atoms with Crippen LogP contribution < -0.4 is 5.32 Å². The van der Waals surface area contributed by atoms with Gasteiger partial charge in [0, 0.05) is 44.4 Å². The molecule has 28 heavy (non-hydrogen) atoms. The largest absolute Gasteiger partial charge is 0.374 e. The zero-order chi connectivity index (χ0) is 20.7. The average Bonchev–Trinajstić information content (AvgIpc) is 2.65. The maximum absolute atomic E-state index is 12.3. The van der Waals surface area contributed by atoms with Crippen molar-refractivity contribution in [2.24, 2.45) is 5.92 Å². The molecule has 0 unspecified atom stereocenters. The maximum atomic E-state index is 12.3. The van der Waals surface area contributed by atoms with Crippen LogP contribution in [-0.4, -0.2) is 73.1 Å². The van der Waals surface area contributed by atoms with Crippen molar-refractivity contribution in [1.82, 2.24) is 15.1 Å². The molecule has 2 rings (SSSR count). The fourth-order valence-corrected chi connectivity index (χ4v) is 3.39. The van der Waals surface area contributed by atoms with Crippen LogP contribution in [0.3, 0.4) is 0 Å². The number of nitrogens with one attached hydrogen (secondary N) is 1. The molecule has 8 nitrogen and oxygen atoms in total. The molecule has 2 atom stereocenters. The molecule has 0 spiro atoms. The molecule has 0 bridgehead atoms. The summed E-state index contributed by atoms with van der Waals surface area (Å²) in [6, 6.07) is 6.42. The standard InChI is InChI=1S/C20H32N4O4/c1-15(2)12-23-8-9-28-19(13-23)11-21-20(25)14-22(4)16(3)17-6-5-7-18(10-17)24(26)27/h5-7,10,15-16,19H,8-9,11-14H2,1-4H3,(H,21,25)/t16-,19+/m1/s1. The van der Waals surface area contributed by atoms with Gasteiger partial charge in [-0.2, -0.15) is 0 Å². The molecule has 0 radical (unpaired) electrons. The first-order valence-corrected chi connectivity index (χ1v) is 9.81. The van der Waals surface area contributed by atoms with E-state index < -0.39 is 4.92 Å². The van der Waals surface area contributed by atoms with E-state index in [2.05, 4.69) is 24.1 Å². The number of carbonyl (C=O) groups excluding carboxylic acids is 1. The number of likely N-dealkylation sites (N-methyl/N-ethyl adjacent to an activating group) is 1. The predicted octanol–water partition coefficient (Wildman–Crippen LogP) is 2.06. The second kappa shape index (κ2) is 10.5. The number of amides is 1. The summed E-state index contributed by atoms with van der Waals surface area (Å²) in [5, 5.41) is 13.9. The van der Waals surface area contributed by atoms with Gasteiger partial charge in [-0.1, -0.05) is 26.0 Å². The van der Waals surface area contributed by atoms with Gasteiger partial charge in [-0.05, 0) is 25.5 Å². The molecular formula is C20H32N4O4. The normalized spacial score (nSPS) is 19.0. The quantitative estimate of drug-likeness (QED) is 0.511. The van der Waals surface area contributed by atoms with Crippen molar-refractivity contribution >= 4 is 11.6 Å². The maximum Gasteiger partial charge on any atom is 0.269 e. The average molecular weight is 393 g/mol. The van der Waals surface area contributed by atoms with Crippen LogP contribution in [0.2, 0.25) is 0 Å². The van der Waals surface area contributed by atoms with Gasteiger partial charge in [0.2, 0.25) is 5.91 Å². The number of hydrogen-bond acceptors (Lipinski definition) is 6. The van der Waals surface area contributed by atoms with E-state index in [0.717, 1.165) is 25.2 Å². The molecule has 1 aliphatic rings. The molecule has 1 aliphatic heterocycles. The highest BCUT2D eigenvalue weighted by atomic mass is 16.6. The smallest absolute Gasteiger partial charge is 0.269 e. The van der Waals surface area contributed by atoms with E-state index in [1.165, 1.54) is 6.07 Å². The number of morpholine rings is 1. The fourth-order valence-electron chi connectivity index (χ4n) is 3.39. The Morgan fingerprint density at radius 1 is 1.43 bits per heavy atom. The molecule has 1 aromatic carbocycles. The van der Waals surface area contributed by atoms with Crippen molar-refractivity contribution in [3.05, 3.63) is 39.9 Å². The SMILES string of the molecule is CC(C)CN1CCO[C@@H](CNC(=O)CN(C)[C@H](C)c2cccc([N+](=O)[O-])c2)C1. The van der Waals surface area contributed by atoms with E-state index in [9.17, 15) is 14.9 Å². The first-order valence-electron chi connectivity index (χ1n) is 9.81. The molecule has 0 aromatic heterocycles. The molecule has 0 saturated carbocycles. The summed E-state index contributed by atoms with van der Waals surface area (Å²) in [4.78, 5) is 27.1. The summed E-state index contributed by atoms with van der Waals surface area (Å²) in [5.74, 6) is 0.529. The van der Waals surface area contributed by atoms with Gasteiger partial charge >= 0.3 is 0 Å². The zero-order valence-corrected chi connectivity index (χ0v) is 17.3. The Morgan fingerprint density at radius 2 is 2.18 bits per heavy atom. The Kier molecular flexibility index (Phi) is 8.35. The fraction of sp³-hybridized carbons (Fsp3) is 0.650. The van der Waals surface area contributed by atoms with Crippen molar-refractivity contribution in [2.45, 2.75) is 32.9 Å². The molecule has 1 aromatic rings. The zero-order valence-electron chi connectivity index (χ0n) is 17.3. The van der Waals surface area contributed by atoms with Crippen LogP contribution in [0.4, 0.5) is 5.69 Å². The Labute approximate surface area is 167 Å². The number of nitro benzene ring substituents is 1. The highest BCUT2D eigenvalue weighted by Crippen LogP contribution is 2.22. The Bertz CT molecular complexity index is 667. The lowest BCUT2D eigenvalue weighted by Crippen LogP contribution is -2.49.